The van der Waals surface area contributed by atoms with Gasteiger partial charge in [-0.1, -0.05) is 30.3 Å². The molecule has 0 bridgehead atoms. The Morgan fingerprint density at radius 2 is 2.04 bits per heavy atom. The molecule has 7 heteroatoms. The van der Waals surface area contributed by atoms with Crippen LogP contribution in [0.25, 0.3) is 0 Å². The molecule has 1 aliphatic heterocycles. The summed E-state index contributed by atoms with van der Waals surface area (Å²) in [5.41, 5.74) is 1.33. The molecule has 0 spiro atoms. The molecule has 1 fully saturated rings. The summed E-state index contributed by atoms with van der Waals surface area (Å²) in [7, 11) is -1.68. The van der Waals surface area contributed by atoms with Crippen LogP contribution in [-0.4, -0.2) is 69.6 Å². The van der Waals surface area contributed by atoms with E-state index >= 15 is 0 Å². The summed E-state index contributed by atoms with van der Waals surface area (Å²) in [6.45, 7) is 2.81. The molecule has 1 N–H and O–H groups in total. The normalized spacial score (nSPS) is 19.4. The second kappa shape index (κ2) is 8.60. The van der Waals surface area contributed by atoms with Gasteiger partial charge in [-0.15, -0.1) is 0 Å². The van der Waals surface area contributed by atoms with Crippen LogP contribution in [-0.2, 0) is 14.8 Å². The van der Waals surface area contributed by atoms with E-state index in [-0.39, 0.29) is 12.5 Å². The number of hydrogen-bond acceptors (Lipinski definition) is 4. The van der Waals surface area contributed by atoms with Gasteiger partial charge in [-0.25, -0.2) is 12.7 Å². The SMILES string of the molecule is CN(CCNC(=O)CN1CCC[C@@H](c2ccccc2)C1)S(C)(=O)=O. The third-order valence-electron chi connectivity index (χ3n) is 4.46. The Balaban J connectivity index is 1.75. The topological polar surface area (TPSA) is 69.7 Å². The van der Waals surface area contributed by atoms with Crippen molar-refractivity contribution in [1.82, 2.24) is 14.5 Å². The van der Waals surface area contributed by atoms with Gasteiger partial charge in [0, 0.05) is 26.7 Å². The molecule has 1 aromatic carbocycles. The summed E-state index contributed by atoms with van der Waals surface area (Å²) in [6.07, 6.45) is 3.40. The van der Waals surface area contributed by atoms with E-state index in [0.29, 0.717) is 19.0 Å². The van der Waals surface area contributed by atoms with Gasteiger partial charge >= 0.3 is 0 Å². The number of sulfonamides is 1. The first-order valence-electron chi connectivity index (χ1n) is 8.31. The molecule has 0 unspecified atom stereocenters. The first-order valence-corrected chi connectivity index (χ1v) is 10.2. The van der Waals surface area contributed by atoms with Gasteiger partial charge in [0.2, 0.25) is 15.9 Å². The lowest BCUT2D eigenvalue weighted by atomic mass is 9.91. The standard InChI is InChI=1S/C17H27N3O3S/c1-19(24(2,22)23)12-10-18-17(21)14-20-11-6-9-16(13-20)15-7-4-3-5-8-15/h3-5,7-8,16H,6,9-14H2,1-2H3,(H,18,21)/t16-/m1/s1. The van der Waals surface area contributed by atoms with Gasteiger partial charge in [-0.2, -0.15) is 0 Å². The van der Waals surface area contributed by atoms with Crippen LogP contribution in [0.5, 0.6) is 0 Å². The Bertz CT molecular complexity index is 634. The fraction of sp³-hybridized carbons (Fsp3) is 0.588. The van der Waals surface area contributed by atoms with Gasteiger partial charge in [-0.05, 0) is 30.9 Å². The Morgan fingerprint density at radius 3 is 2.71 bits per heavy atom. The first kappa shape index (κ1) is 18.9. The number of hydrogen-bond donors (Lipinski definition) is 1. The maximum absolute atomic E-state index is 12.1. The zero-order chi connectivity index (χ0) is 17.6. The smallest absolute Gasteiger partial charge is 0.234 e. The minimum absolute atomic E-state index is 0.0504. The van der Waals surface area contributed by atoms with E-state index in [1.165, 1.54) is 16.9 Å². The lowest BCUT2D eigenvalue weighted by molar-refractivity contribution is -0.122. The quantitative estimate of drug-likeness (QED) is 0.790. The molecular formula is C17H27N3O3S. The molecule has 24 heavy (non-hydrogen) atoms. The van der Waals surface area contributed by atoms with E-state index in [1.807, 2.05) is 6.07 Å². The summed E-state index contributed by atoms with van der Waals surface area (Å²) >= 11 is 0. The van der Waals surface area contributed by atoms with Crippen LogP contribution in [0.3, 0.4) is 0 Å². The number of benzene rings is 1. The predicted octanol–water partition coefficient (Wildman–Crippen LogP) is 0.874. The number of likely N-dealkylation sites (tertiary alicyclic amines) is 1. The highest BCUT2D eigenvalue weighted by molar-refractivity contribution is 7.88. The molecule has 1 aliphatic rings. The monoisotopic (exact) mass is 353 g/mol. The van der Waals surface area contributed by atoms with Crippen LogP contribution in [0.1, 0.15) is 24.3 Å². The van der Waals surface area contributed by atoms with Crippen molar-refractivity contribution >= 4 is 15.9 Å². The fourth-order valence-corrected chi connectivity index (χ4v) is 3.40. The largest absolute Gasteiger partial charge is 0.354 e. The molecule has 0 saturated carbocycles. The number of nitrogens with zero attached hydrogens (tertiary/aromatic N) is 2. The Morgan fingerprint density at radius 1 is 1.33 bits per heavy atom. The van der Waals surface area contributed by atoms with Gasteiger partial charge in [0.1, 0.15) is 0 Å². The highest BCUT2D eigenvalue weighted by atomic mass is 32.2. The second-order valence-electron chi connectivity index (χ2n) is 6.42. The van der Waals surface area contributed by atoms with E-state index < -0.39 is 10.0 Å². The van der Waals surface area contributed by atoms with Gasteiger partial charge < -0.3 is 5.32 Å². The van der Waals surface area contributed by atoms with E-state index in [9.17, 15) is 13.2 Å². The summed E-state index contributed by atoms with van der Waals surface area (Å²) in [5, 5.41) is 2.80. The number of carbonyl (C=O) groups is 1. The van der Waals surface area contributed by atoms with Crippen molar-refractivity contribution in [3.63, 3.8) is 0 Å². The van der Waals surface area contributed by atoms with Crippen LogP contribution < -0.4 is 5.32 Å². The molecule has 1 heterocycles. The number of piperidine rings is 1. The maximum Gasteiger partial charge on any atom is 0.234 e. The third kappa shape index (κ3) is 5.89. The lowest BCUT2D eigenvalue weighted by Gasteiger charge is -2.32. The number of amides is 1. The maximum atomic E-state index is 12.1. The second-order valence-corrected chi connectivity index (χ2v) is 8.51. The average molecular weight is 353 g/mol. The van der Waals surface area contributed by atoms with Crippen LogP contribution in [0.15, 0.2) is 30.3 Å². The Hall–Kier alpha value is -1.44. The molecule has 0 aliphatic carbocycles. The molecule has 1 atom stereocenters. The van der Waals surface area contributed by atoms with Crippen molar-refractivity contribution in [2.75, 3.05) is 46.0 Å². The van der Waals surface area contributed by atoms with Crippen molar-refractivity contribution in [1.29, 1.82) is 0 Å². The number of likely N-dealkylation sites (N-methyl/N-ethyl adjacent to an activating group) is 1. The summed E-state index contributed by atoms with van der Waals surface area (Å²) in [4.78, 5) is 14.2. The third-order valence-corrected chi connectivity index (χ3v) is 5.77. The number of carbonyl (C=O) groups excluding carboxylic acids is 1. The van der Waals surface area contributed by atoms with E-state index in [4.69, 9.17) is 0 Å². The highest BCUT2D eigenvalue weighted by Crippen LogP contribution is 2.26. The lowest BCUT2D eigenvalue weighted by Crippen LogP contribution is -2.43. The minimum Gasteiger partial charge on any atom is -0.354 e. The molecule has 2 rings (SSSR count). The first-order chi connectivity index (χ1) is 11.4. The fourth-order valence-electron chi connectivity index (χ4n) is 2.97. The zero-order valence-electron chi connectivity index (χ0n) is 14.4. The Labute approximate surface area is 144 Å². The van der Waals surface area contributed by atoms with Crippen molar-refractivity contribution in [2.24, 2.45) is 0 Å². The molecule has 1 amide bonds. The van der Waals surface area contributed by atoms with Crippen LogP contribution in [0.2, 0.25) is 0 Å². The van der Waals surface area contributed by atoms with E-state index in [1.54, 1.807) is 0 Å². The van der Waals surface area contributed by atoms with Crippen LogP contribution >= 0.6 is 0 Å². The highest BCUT2D eigenvalue weighted by Gasteiger charge is 2.22. The van der Waals surface area contributed by atoms with Gasteiger partial charge in [-0.3, -0.25) is 9.69 Å². The number of nitrogens with one attached hydrogen (secondary N) is 1. The zero-order valence-corrected chi connectivity index (χ0v) is 15.3. The van der Waals surface area contributed by atoms with Crippen molar-refractivity contribution < 1.29 is 13.2 Å². The molecule has 6 nitrogen and oxygen atoms in total. The summed E-state index contributed by atoms with van der Waals surface area (Å²) in [5.74, 6) is 0.426. The van der Waals surface area contributed by atoms with E-state index in [0.717, 1.165) is 32.2 Å². The molecule has 134 valence electrons. The van der Waals surface area contributed by atoms with Gasteiger partial charge in [0.15, 0.2) is 0 Å². The van der Waals surface area contributed by atoms with Crippen molar-refractivity contribution in [2.45, 2.75) is 18.8 Å². The average Bonchev–Trinajstić information content (AvgIpc) is 2.55. The Kier molecular flexibility index (Phi) is 6.77. The molecule has 0 radical (unpaired) electrons. The molecule has 1 saturated heterocycles. The van der Waals surface area contributed by atoms with E-state index in [2.05, 4.69) is 34.5 Å². The van der Waals surface area contributed by atoms with Gasteiger partial charge in [0.05, 0.1) is 12.8 Å². The molecule has 1 aromatic rings. The van der Waals surface area contributed by atoms with Crippen LogP contribution in [0.4, 0.5) is 0 Å². The number of rotatable bonds is 7. The van der Waals surface area contributed by atoms with Crippen molar-refractivity contribution in [3.05, 3.63) is 35.9 Å². The van der Waals surface area contributed by atoms with Crippen LogP contribution in [0, 0.1) is 0 Å². The summed E-state index contributed by atoms with van der Waals surface area (Å²) < 4.78 is 23.8. The van der Waals surface area contributed by atoms with Crippen molar-refractivity contribution in [3.8, 4) is 0 Å². The molecular weight excluding hydrogens is 326 g/mol. The van der Waals surface area contributed by atoms with Gasteiger partial charge in [0.25, 0.3) is 0 Å². The minimum atomic E-state index is -3.19. The molecule has 0 aromatic heterocycles. The predicted molar refractivity (Wildman–Crippen MR) is 95.3 cm³/mol. The summed E-state index contributed by atoms with van der Waals surface area (Å²) in [6, 6.07) is 10.4.